The summed E-state index contributed by atoms with van der Waals surface area (Å²) in [6.07, 6.45) is 3.23. The Bertz CT molecular complexity index is 1100. The molecule has 1 fully saturated rings. The van der Waals surface area contributed by atoms with E-state index in [1.165, 1.54) is 21.3 Å². The molecule has 1 N–H and O–H groups in total. The number of piperidine rings is 1. The van der Waals surface area contributed by atoms with Gasteiger partial charge in [0.05, 0.1) is 11.9 Å². The van der Waals surface area contributed by atoms with Gasteiger partial charge in [-0.2, -0.15) is 10.2 Å². The third-order valence-corrected chi connectivity index (χ3v) is 5.33. The standard InChI is InChI=1S/C22H25N5O4/c1-14(2)15-6-8-16(9-7-15)27-13-17(28)20(24-27)22(30)31-18-5-4-11-26(21(18)29)19-10-12-25(3)23-19/h6-10,12-14,18,28H,4-5,11H2,1-3H3. The largest absolute Gasteiger partial charge is 0.504 e. The van der Waals surface area contributed by atoms with E-state index in [-0.39, 0.29) is 17.4 Å². The molecule has 0 spiro atoms. The molecule has 1 saturated heterocycles. The molecule has 31 heavy (non-hydrogen) atoms. The molecule has 0 saturated carbocycles. The van der Waals surface area contributed by atoms with Crippen molar-refractivity contribution in [1.82, 2.24) is 19.6 Å². The van der Waals surface area contributed by atoms with Crippen molar-refractivity contribution in [3.8, 4) is 11.4 Å². The molecule has 0 radical (unpaired) electrons. The van der Waals surface area contributed by atoms with Crippen LogP contribution in [0.1, 0.15) is 48.7 Å². The Balaban J connectivity index is 1.49. The van der Waals surface area contributed by atoms with Crippen molar-refractivity contribution in [1.29, 1.82) is 0 Å². The zero-order chi connectivity index (χ0) is 22.1. The Hall–Kier alpha value is -3.62. The van der Waals surface area contributed by atoms with Gasteiger partial charge in [-0.25, -0.2) is 9.48 Å². The molecule has 3 aromatic rings. The van der Waals surface area contributed by atoms with Crippen LogP contribution in [0.3, 0.4) is 0 Å². The van der Waals surface area contributed by atoms with Gasteiger partial charge >= 0.3 is 5.97 Å². The summed E-state index contributed by atoms with van der Waals surface area (Å²) in [6, 6.07) is 9.42. The summed E-state index contributed by atoms with van der Waals surface area (Å²) in [5, 5.41) is 18.7. The fourth-order valence-corrected chi connectivity index (χ4v) is 3.57. The van der Waals surface area contributed by atoms with E-state index in [2.05, 4.69) is 24.0 Å². The number of carbonyl (C=O) groups excluding carboxylic acids is 2. The molecule has 1 unspecified atom stereocenters. The first kappa shape index (κ1) is 20.6. The average molecular weight is 423 g/mol. The van der Waals surface area contributed by atoms with E-state index in [9.17, 15) is 14.7 Å². The third-order valence-electron chi connectivity index (χ3n) is 5.33. The molecule has 9 heteroatoms. The Morgan fingerprint density at radius 3 is 2.58 bits per heavy atom. The van der Waals surface area contributed by atoms with Gasteiger partial charge in [-0.15, -0.1) is 0 Å². The lowest BCUT2D eigenvalue weighted by molar-refractivity contribution is -0.129. The molecule has 1 atom stereocenters. The van der Waals surface area contributed by atoms with Crippen molar-refractivity contribution >= 4 is 17.7 Å². The normalized spacial score (nSPS) is 16.7. The quantitative estimate of drug-likeness (QED) is 0.633. The van der Waals surface area contributed by atoms with E-state index in [0.717, 1.165) is 0 Å². The zero-order valence-corrected chi connectivity index (χ0v) is 17.7. The third kappa shape index (κ3) is 4.16. The summed E-state index contributed by atoms with van der Waals surface area (Å²) in [4.78, 5) is 27.0. The molecule has 3 heterocycles. The minimum absolute atomic E-state index is 0.226. The maximum absolute atomic E-state index is 12.8. The SMILES string of the molecule is CC(C)c1ccc(-n2cc(O)c(C(=O)OC3CCCN(c4ccn(C)n4)C3=O)n2)cc1. The van der Waals surface area contributed by atoms with Crippen LogP contribution in [0.4, 0.5) is 5.82 Å². The number of ether oxygens (including phenoxy) is 1. The summed E-state index contributed by atoms with van der Waals surface area (Å²) >= 11 is 0. The van der Waals surface area contributed by atoms with Crippen molar-refractivity contribution in [2.24, 2.45) is 7.05 Å². The summed E-state index contributed by atoms with van der Waals surface area (Å²) in [5.74, 6) is -0.560. The van der Waals surface area contributed by atoms with Gasteiger partial charge in [-0.3, -0.25) is 14.4 Å². The number of esters is 1. The van der Waals surface area contributed by atoms with Crippen molar-refractivity contribution in [2.45, 2.75) is 38.7 Å². The fraction of sp³-hybridized carbons (Fsp3) is 0.364. The van der Waals surface area contributed by atoms with Crippen LogP contribution < -0.4 is 4.90 Å². The van der Waals surface area contributed by atoms with E-state index in [1.54, 1.807) is 24.0 Å². The smallest absolute Gasteiger partial charge is 0.363 e. The minimum Gasteiger partial charge on any atom is -0.504 e. The summed E-state index contributed by atoms with van der Waals surface area (Å²) in [5.41, 5.74) is 1.65. The Kier molecular flexibility index (Phi) is 5.50. The van der Waals surface area contributed by atoms with Gasteiger partial charge in [0.2, 0.25) is 5.69 Å². The summed E-state index contributed by atoms with van der Waals surface area (Å²) < 4.78 is 8.45. The van der Waals surface area contributed by atoms with E-state index >= 15 is 0 Å². The predicted octanol–water partition coefficient (Wildman–Crippen LogP) is 2.79. The van der Waals surface area contributed by atoms with Gasteiger partial charge in [-0.1, -0.05) is 26.0 Å². The lowest BCUT2D eigenvalue weighted by Crippen LogP contribution is -2.46. The molecule has 1 aliphatic heterocycles. The number of aromatic hydroxyl groups is 1. The number of rotatable bonds is 5. The number of nitrogens with zero attached hydrogens (tertiary/aromatic N) is 5. The van der Waals surface area contributed by atoms with Crippen LogP contribution in [0.2, 0.25) is 0 Å². The molecule has 2 aromatic heterocycles. The van der Waals surface area contributed by atoms with Crippen molar-refractivity contribution in [2.75, 3.05) is 11.4 Å². The first-order valence-corrected chi connectivity index (χ1v) is 10.2. The highest BCUT2D eigenvalue weighted by Crippen LogP contribution is 2.25. The first-order valence-electron chi connectivity index (χ1n) is 10.2. The van der Waals surface area contributed by atoms with E-state index in [4.69, 9.17) is 4.74 Å². The van der Waals surface area contributed by atoms with Gasteiger partial charge < -0.3 is 9.84 Å². The van der Waals surface area contributed by atoms with E-state index < -0.39 is 12.1 Å². The zero-order valence-electron chi connectivity index (χ0n) is 17.7. The number of amides is 1. The molecule has 4 rings (SSSR count). The highest BCUT2D eigenvalue weighted by molar-refractivity contribution is 5.99. The minimum atomic E-state index is -0.946. The van der Waals surface area contributed by atoms with Crippen LogP contribution in [0.25, 0.3) is 5.69 Å². The van der Waals surface area contributed by atoms with Crippen LogP contribution >= 0.6 is 0 Å². The molecule has 9 nitrogen and oxygen atoms in total. The number of carbonyl (C=O) groups is 2. The van der Waals surface area contributed by atoms with Crippen molar-refractivity contribution in [3.05, 3.63) is 54.0 Å². The van der Waals surface area contributed by atoms with Crippen LogP contribution in [-0.2, 0) is 16.6 Å². The highest BCUT2D eigenvalue weighted by Gasteiger charge is 2.35. The molecule has 1 aromatic carbocycles. The number of anilines is 1. The number of hydrogen-bond donors (Lipinski definition) is 1. The van der Waals surface area contributed by atoms with Crippen LogP contribution in [-0.4, -0.2) is 49.2 Å². The van der Waals surface area contributed by atoms with E-state index in [0.29, 0.717) is 36.8 Å². The molecule has 1 amide bonds. The molecule has 162 valence electrons. The average Bonchev–Trinajstić information content (AvgIpc) is 3.35. The molecule has 0 bridgehead atoms. The summed E-state index contributed by atoms with van der Waals surface area (Å²) in [6.45, 7) is 4.71. The van der Waals surface area contributed by atoms with Gasteiger partial charge in [-0.05, 0) is 36.5 Å². The number of hydrogen-bond acceptors (Lipinski definition) is 6. The predicted molar refractivity (Wildman–Crippen MR) is 113 cm³/mol. The van der Waals surface area contributed by atoms with Crippen LogP contribution in [0, 0.1) is 0 Å². The Labute approximate surface area is 179 Å². The van der Waals surface area contributed by atoms with Gasteiger partial charge in [0.15, 0.2) is 17.7 Å². The maximum Gasteiger partial charge on any atom is 0.363 e. The van der Waals surface area contributed by atoms with Gasteiger partial charge in [0.1, 0.15) is 0 Å². The van der Waals surface area contributed by atoms with Gasteiger partial charge in [0, 0.05) is 25.9 Å². The molecule has 1 aliphatic rings. The van der Waals surface area contributed by atoms with Crippen molar-refractivity contribution in [3.63, 3.8) is 0 Å². The maximum atomic E-state index is 12.8. The van der Waals surface area contributed by atoms with Crippen LogP contribution in [0.15, 0.2) is 42.7 Å². The molecular formula is C22H25N5O4. The van der Waals surface area contributed by atoms with Crippen molar-refractivity contribution < 1.29 is 19.4 Å². The second kappa shape index (κ2) is 8.25. The second-order valence-electron chi connectivity index (χ2n) is 7.93. The molecular weight excluding hydrogens is 398 g/mol. The second-order valence-corrected chi connectivity index (χ2v) is 7.93. The Morgan fingerprint density at radius 2 is 1.94 bits per heavy atom. The monoisotopic (exact) mass is 423 g/mol. The Morgan fingerprint density at radius 1 is 1.19 bits per heavy atom. The number of aromatic nitrogens is 4. The van der Waals surface area contributed by atoms with E-state index in [1.807, 2.05) is 24.3 Å². The topological polar surface area (TPSA) is 102 Å². The lowest BCUT2D eigenvalue weighted by Gasteiger charge is -2.30. The first-order chi connectivity index (χ1) is 14.8. The highest BCUT2D eigenvalue weighted by atomic mass is 16.5. The number of benzene rings is 1. The summed E-state index contributed by atoms with van der Waals surface area (Å²) in [7, 11) is 1.77. The van der Waals surface area contributed by atoms with Crippen LogP contribution in [0.5, 0.6) is 5.75 Å². The van der Waals surface area contributed by atoms with Gasteiger partial charge in [0.25, 0.3) is 5.91 Å². The fourth-order valence-electron chi connectivity index (χ4n) is 3.57. The molecule has 0 aliphatic carbocycles. The lowest BCUT2D eigenvalue weighted by atomic mass is 10.0. The number of aryl methyl sites for hydroxylation is 1.